The molecule has 0 fully saturated rings. The third-order valence-electron chi connectivity index (χ3n) is 3.15. The van der Waals surface area contributed by atoms with Crippen LogP contribution in [0.3, 0.4) is 0 Å². The van der Waals surface area contributed by atoms with E-state index >= 15 is 0 Å². The maximum Gasteiger partial charge on any atom is 0.254 e. The van der Waals surface area contributed by atoms with E-state index in [0.29, 0.717) is 6.54 Å². The Bertz CT molecular complexity index is 619. The number of amides is 1. The van der Waals surface area contributed by atoms with Crippen molar-refractivity contribution < 1.29 is 9.18 Å². The molecule has 0 atom stereocenters. The van der Waals surface area contributed by atoms with Crippen molar-refractivity contribution in [3.63, 3.8) is 0 Å². The van der Waals surface area contributed by atoms with Crippen LogP contribution in [0.5, 0.6) is 0 Å². The topological polar surface area (TPSA) is 46.9 Å². The van der Waals surface area contributed by atoms with Crippen LogP contribution < -0.4 is 5.32 Å². The summed E-state index contributed by atoms with van der Waals surface area (Å²) < 4.78 is 15.4. The van der Waals surface area contributed by atoms with Gasteiger partial charge in [0.25, 0.3) is 5.91 Å². The highest BCUT2D eigenvalue weighted by Gasteiger charge is 2.12. The molecule has 0 saturated heterocycles. The van der Waals surface area contributed by atoms with E-state index in [4.69, 9.17) is 0 Å². The summed E-state index contributed by atoms with van der Waals surface area (Å²) in [5.74, 6) is -0.916. The molecule has 1 N–H and O–H groups in total. The molecule has 0 saturated carbocycles. The number of nitrogens with one attached hydrogen (secondary N) is 1. The number of carbonyl (C=O) groups is 1. The molecule has 0 radical (unpaired) electrons. The van der Waals surface area contributed by atoms with Crippen molar-refractivity contribution in [1.82, 2.24) is 15.1 Å². The van der Waals surface area contributed by atoms with Crippen molar-refractivity contribution in [2.24, 2.45) is 7.05 Å². The third-order valence-corrected chi connectivity index (χ3v) is 3.15. The number of rotatable bonds is 3. The fraction of sp³-hybridized carbons (Fsp3) is 0.286. The average molecular weight is 261 g/mol. The van der Waals surface area contributed by atoms with Gasteiger partial charge in [0, 0.05) is 24.8 Å². The molecule has 19 heavy (non-hydrogen) atoms. The predicted molar refractivity (Wildman–Crippen MR) is 70.3 cm³/mol. The Morgan fingerprint density at radius 2 is 2.16 bits per heavy atom. The molecule has 0 bridgehead atoms. The predicted octanol–water partition coefficient (Wildman–Crippen LogP) is 2.11. The van der Waals surface area contributed by atoms with Gasteiger partial charge in [0.2, 0.25) is 0 Å². The largest absolute Gasteiger partial charge is 0.348 e. The lowest BCUT2D eigenvalue weighted by atomic mass is 10.1. The van der Waals surface area contributed by atoms with Crippen LogP contribution in [0.2, 0.25) is 0 Å². The summed E-state index contributed by atoms with van der Waals surface area (Å²) in [6.45, 7) is 4.04. The molecule has 5 heteroatoms. The first-order valence-corrected chi connectivity index (χ1v) is 6.01. The van der Waals surface area contributed by atoms with Gasteiger partial charge in [0.05, 0.1) is 11.8 Å². The molecular formula is C14H16FN3O. The highest BCUT2D eigenvalue weighted by molar-refractivity contribution is 5.94. The number of hydrogen-bond acceptors (Lipinski definition) is 2. The van der Waals surface area contributed by atoms with Crippen molar-refractivity contribution in [2.75, 3.05) is 0 Å². The van der Waals surface area contributed by atoms with Crippen molar-refractivity contribution in [3.05, 3.63) is 52.6 Å². The minimum absolute atomic E-state index is 0.0622. The second-order valence-electron chi connectivity index (χ2n) is 4.54. The number of aromatic nitrogens is 2. The molecule has 100 valence electrons. The lowest BCUT2D eigenvalue weighted by Crippen LogP contribution is -2.24. The van der Waals surface area contributed by atoms with Crippen LogP contribution >= 0.6 is 0 Å². The van der Waals surface area contributed by atoms with Crippen LogP contribution in [0.25, 0.3) is 0 Å². The Balaban J connectivity index is 2.07. The van der Waals surface area contributed by atoms with Gasteiger partial charge < -0.3 is 5.32 Å². The third kappa shape index (κ3) is 2.81. The number of benzene rings is 1. The van der Waals surface area contributed by atoms with Gasteiger partial charge in [0.15, 0.2) is 0 Å². The number of hydrogen-bond donors (Lipinski definition) is 1. The zero-order chi connectivity index (χ0) is 14.0. The van der Waals surface area contributed by atoms with E-state index in [9.17, 15) is 9.18 Å². The fourth-order valence-corrected chi connectivity index (χ4v) is 1.79. The first kappa shape index (κ1) is 13.3. The van der Waals surface area contributed by atoms with Crippen molar-refractivity contribution in [1.29, 1.82) is 0 Å². The second-order valence-corrected chi connectivity index (χ2v) is 4.54. The zero-order valence-corrected chi connectivity index (χ0v) is 11.2. The summed E-state index contributed by atoms with van der Waals surface area (Å²) in [4.78, 5) is 11.9. The highest BCUT2D eigenvalue weighted by Crippen LogP contribution is 2.10. The minimum atomic E-state index is -0.500. The normalized spacial score (nSPS) is 10.5. The number of carbonyl (C=O) groups excluding carboxylic acids is 1. The van der Waals surface area contributed by atoms with E-state index in [-0.39, 0.29) is 5.56 Å². The molecule has 2 aromatic rings. The quantitative estimate of drug-likeness (QED) is 0.919. The lowest BCUT2D eigenvalue weighted by molar-refractivity contribution is 0.0947. The van der Waals surface area contributed by atoms with Gasteiger partial charge in [-0.15, -0.1) is 0 Å². The molecule has 1 heterocycles. The van der Waals surface area contributed by atoms with Gasteiger partial charge in [-0.05, 0) is 31.5 Å². The Labute approximate surface area is 111 Å². The molecule has 0 unspecified atom stereocenters. The average Bonchev–Trinajstić information content (AvgIpc) is 2.67. The maximum absolute atomic E-state index is 13.6. The van der Waals surface area contributed by atoms with Gasteiger partial charge >= 0.3 is 0 Å². The first-order chi connectivity index (χ1) is 8.99. The fourth-order valence-electron chi connectivity index (χ4n) is 1.79. The van der Waals surface area contributed by atoms with Gasteiger partial charge in [-0.3, -0.25) is 9.48 Å². The van der Waals surface area contributed by atoms with Gasteiger partial charge in [0.1, 0.15) is 5.82 Å². The van der Waals surface area contributed by atoms with E-state index in [1.165, 1.54) is 12.1 Å². The van der Waals surface area contributed by atoms with Crippen LogP contribution in [0, 0.1) is 19.7 Å². The number of aryl methyl sites for hydroxylation is 2. The van der Waals surface area contributed by atoms with Crippen LogP contribution in [0.15, 0.2) is 24.4 Å². The van der Waals surface area contributed by atoms with Gasteiger partial charge in [-0.1, -0.05) is 6.07 Å². The summed E-state index contributed by atoms with van der Waals surface area (Å²) >= 11 is 0. The van der Waals surface area contributed by atoms with E-state index in [0.717, 1.165) is 16.8 Å². The molecule has 0 aliphatic rings. The Morgan fingerprint density at radius 3 is 2.74 bits per heavy atom. The standard InChI is InChI=1S/C14H16FN3O/c1-9-4-5-12(13(15)6-9)14(19)16-7-11-8-17-18(3)10(11)2/h4-6,8H,7H2,1-3H3,(H,16,19). The zero-order valence-electron chi connectivity index (χ0n) is 11.2. The molecule has 4 nitrogen and oxygen atoms in total. The van der Waals surface area contributed by atoms with Crippen molar-refractivity contribution >= 4 is 5.91 Å². The summed E-state index contributed by atoms with van der Waals surface area (Å²) in [6.07, 6.45) is 1.70. The van der Waals surface area contributed by atoms with Crippen molar-refractivity contribution in [3.8, 4) is 0 Å². The molecule has 1 aromatic carbocycles. The summed E-state index contributed by atoms with van der Waals surface area (Å²) in [5.41, 5.74) is 2.75. The number of halogens is 1. The Hall–Kier alpha value is -2.17. The Kier molecular flexibility index (Phi) is 3.64. The van der Waals surface area contributed by atoms with Crippen molar-refractivity contribution in [2.45, 2.75) is 20.4 Å². The molecule has 1 amide bonds. The van der Waals surface area contributed by atoms with Crippen LogP contribution in [-0.2, 0) is 13.6 Å². The molecule has 1 aromatic heterocycles. The lowest BCUT2D eigenvalue weighted by Gasteiger charge is -2.06. The summed E-state index contributed by atoms with van der Waals surface area (Å²) in [7, 11) is 1.83. The number of nitrogens with zero attached hydrogens (tertiary/aromatic N) is 2. The SMILES string of the molecule is Cc1ccc(C(=O)NCc2cnn(C)c2C)c(F)c1. The van der Waals surface area contributed by atoms with E-state index in [1.54, 1.807) is 23.9 Å². The van der Waals surface area contributed by atoms with Crippen LogP contribution in [-0.4, -0.2) is 15.7 Å². The Morgan fingerprint density at radius 1 is 1.42 bits per heavy atom. The molecular weight excluding hydrogens is 245 g/mol. The van der Waals surface area contributed by atoms with Gasteiger partial charge in [-0.25, -0.2) is 4.39 Å². The minimum Gasteiger partial charge on any atom is -0.348 e. The molecule has 0 aliphatic carbocycles. The monoisotopic (exact) mass is 261 g/mol. The molecule has 0 spiro atoms. The second kappa shape index (κ2) is 5.22. The maximum atomic E-state index is 13.6. The van der Waals surface area contributed by atoms with E-state index < -0.39 is 11.7 Å². The smallest absolute Gasteiger partial charge is 0.254 e. The first-order valence-electron chi connectivity index (χ1n) is 6.01. The van der Waals surface area contributed by atoms with E-state index in [2.05, 4.69) is 10.4 Å². The molecule has 2 rings (SSSR count). The summed E-state index contributed by atoms with van der Waals surface area (Å²) in [5, 5.41) is 6.78. The summed E-state index contributed by atoms with van der Waals surface area (Å²) in [6, 6.07) is 4.56. The van der Waals surface area contributed by atoms with Crippen LogP contribution in [0.4, 0.5) is 4.39 Å². The van der Waals surface area contributed by atoms with Gasteiger partial charge in [-0.2, -0.15) is 5.10 Å². The highest BCUT2D eigenvalue weighted by atomic mass is 19.1. The van der Waals surface area contributed by atoms with E-state index in [1.807, 2.05) is 14.0 Å². The molecule has 0 aliphatic heterocycles. The van der Waals surface area contributed by atoms with Crippen LogP contribution in [0.1, 0.15) is 27.2 Å².